The van der Waals surface area contributed by atoms with Crippen molar-refractivity contribution >= 4 is 44.7 Å². The van der Waals surface area contributed by atoms with Crippen molar-refractivity contribution in [2.45, 2.75) is 45.0 Å². The molecule has 0 spiro atoms. The normalized spacial score (nSPS) is 14.0. The van der Waals surface area contributed by atoms with E-state index in [2.05, 4.69) is 5.32 Å². The van der Waals surface area contributed by atoms with E-state index >= 15 is 0 Å². The lowest BCUT2D eigenvalue weighted by Gasteiger charge is -2.22. The average molecular weight is 444 g/mol. The Kier molecular flexibility index (Phi) is 6.08. The number of aliphatic hydroxyl groups is 1. The number of hydrogen-bond donors (Lipinski definition) is 2. The topological polar surface area (TPSA) is 32.3 Å². The van der Waals surface area contributed by atoms with E-state index in [9.17, 15) is 18.3 Å². The highest BCUT2D eigenvalue weighted by atomic mass is 35.5. The van der Waals surface area contributed by atoms with Gasteiger partial charge in [0, 0.05) is 21.0 Å². The van der Waals surface area contributed by atoms with Gasteiger partial charge in [-0.3, -0.25) is 0 Å². The molecule has 0 aliphatic rings. The van der Waals surface area contributed by atoms with Crippen LogP contribution in [0.25, 0.3) is 21.5 Å². The maximum atomic E-state index is 13.3. The van der Waals surface area contributed by atoms with Crippen molar-refractivity contribution in [3.63, 3.8) is 0 Å². The van der Waals surface area contributed by atoms with Crippen molar-refractivity contribution < 1.29 is 18.3 Å². The molecule has 1 atom stereocenters. The van der Waals surface area contributed by atoms with E-state index in [1.807, 2.05) is 20.8 Å². The fraction of sp³-hybridized carbons (Fsp3) is 0.364. The van der Waals surface area contributed by atoms with E-state index in [0.717, 1.165) is 12.1 Å². The van der Waals surface area contributed by atoms with E-state index in [0.29, 0.717) is 50.1 Å². The molecule has 0 radical (unpaired) electrons. The van der Waals surface area contributed by atoms with Crippen LogP contribution in [0.2, 0.25) is 10.0 Å². The Bertz CT molecular complexity index is 1060. The molecule has 2 N–H and O–H groups in total. The van der Waals surface area contributed by atoms with Crippen molar-refractivity contribution in [1.29, 1.82) is 0 Å². The van der Waals surface area contributed by atoms with E-state index in [-0.39, 0.29) is 5.54 Å². The van der Waals surface area contributed by atoms with Crippen LogP contribution >= 0.6 is 23.2 Å². The quantitative estimate of drug-likeness (QED) is 0.420. The van der Waals surface area contributed by atoms with Gasteiger partial charge in [-0.15, -0.1) is 0 Å². The molecular formula is C22H22Cl2F3NO. The fourth-order valence-electron chi connectivity index (χ4n) is 3.40. The maximum Gasteiger partial charge on any atom is 0.416 e. The Balaban J connectivity index is 2.18. The molecule has 0 bridgehead atoms. The second kappa shape index (κ2) is 7.95. The molecule has 156 valence electrons. The number of alkyl halides is 3. The van der Waals surface area contributed by atoms with Crippen LogP contribution in [0.15, 0.2) is 36.4 Å². The molecule has 3 aromatic rings. The van der Waals surface area contributed by atoms with Crippen LogP contribution in [0.4, 0.5) is 13.2 Å². The van der Waals surface area contributed by atoms with Gasteiger partial charge >= 0.3 is 6.18 Å². The van der Waals surface area contributed by atoms with Gasteiger partial charge in [0.15, 0.2) is 0 Å². The number of benzene rings is 3. The smallest absolute Gasteiger partial charge is 0.388 e. The highest BCUT2D eigenvalue weighted by Crippen LogP contribution is 2.40. The van der Waals surface area contributed by atoms with Crippen LogP contribution in [0.1, 0.15) is 44.4 Å². The highest BCUT2D eigenvalue weighted by Gasteiger charge is 2.31. The molecule has 0 aliphatic heterocycles. The summed E-state index contributed by atoms with van der Waals surface area (Å²) in [6.07, 6.45) is -4.93. The molecule has 0 aromatic heterocycles. The third-order valence-electron chi connectivity index (χ3n) is 4.77. The molecule has 0 saturated carbocycles. The third kappa shape index (κ3) is 4.97. The Labute approximate surface area is 177 Å². The summed E-state index contributed by atoms with van der Waals surface area (Å²) in [5.74, 6) is 0. The van der Waals surface area contributed by atoms with Crippen LogP contribution in [0.5, 0.6) is 0 Å². The zero-order valence-electron chi connectivity index (χ0n) is 16.3. The van der Waals surface area contributed by atoms with E-state index in [1.54, 1.807) is 18.2 Å². The molecule has 0 fully saturated rings. The average Bonchev–Trinajstić information content (AvgIpc) is 2.58. The second-order valence-corrected chi connectivity index (χ2v) is 9.03. The maximum absolute atomic E-state index is 13.3. The summed E-state index contributed by atoms with van der Waals surface area (Å²) in [4.78, 5) is 0. The highest BCUT2D eigenvalue weighted by molar-refractivity contribution is 6.39. The largest absolute Gasteiger partial charge is 0.416 e. The number of nitrogens with one attached hydrogen (secondary N) is 1. The molecule has 0 aliphatic carbocycles. The first-order chi connectivity index (χ1) is 13.4. The first kappa shape index (κ1) is 22.2. The monoisotopic (exact) mass is 443 g/mol. The summed E-state index contributed by atoms with van der Waals surface area (Å²) in [5.41, 5.74) is -0.322. The van der Waals surface area contributed by atoms with Crippen molar-refractivity contribution in [2.75, 3.05) is 6.54 Å². The minimum Gasteiger partial charge on any atom is -0.388 e. The standard InChI is InChI=1S/C22H22Cl2F3NO/c1-21(2,3)28-7-6-20(29)18-11-17-16(9-13(23)10-19(17)24)15-8-12(22(25,26)27)4-5-14(15)18/h4-5,8-11,20,28-29H,6-7H2,1-3H3/t20-/m1/s1. The molecule has 3 aromatic carbocycles. The zero-order chi connectivity index (χ0) is 21.6. The van der Waals surface area contributed by atoms with Gasteiger partial charge in [0.1, 0.15) is 0 Å². The van der Waals surface area contributed by atoms with Gasteiger partial charge in [0.05, 0.1) is 11.7 Å². The Morgan fingerprint density at radius 1 is 0.931 bits per heavy atom. The molecule has 0 amide bonds. The van der Waals surface area contributed by atoms with Crippen LogP contribution in [-0.2, 0) is 6.18 Å². The van der Waals surface area contributed by atoms with E-state index in [4.69, 9.17) is 23.2 Å². The van der Waals surface area contributed by atoms with E-state index in [1.165, 1.54) is 6.07 Å². The Morgan fingerprint density at radius 3 is 2.21 bits per heavy atom. The van der Waals surface area contributed by atoms with Gasteiger partial charge in [-0.05, 0) is 85.8 Å². The number of fused-ring (bicyclic) bond motifs is 3. The van der Waals surface area contributed by atoms with Crippen molar-refractivity contribution in [3.05, 3.63) is 57.6 Å². The molecule has 7 heteroatoms. The van der Waals surface area contributed by atoms with E-state index < -0.39 is 17.8 Å². The van der Waals surface area contributed by atoms with Gasteiger partial charge in [0.25, 0.3) is 0 Å². The lowest BCUT2D eigenvalue weighted by Crippen LogP contribution is -2.36. The minimum absolute atomic E-state index is 0.104. The molecule has 0 unspecified atom stereocenters. The zero-order valence-corrected chi connectivity index (χ0v) is 17.8. The summed E-state index contributed by atoms with van der Waals surface area (Å²) in [5, 5.41) is 16.8. The van der Waals surface area contributed by atoms with Crippen LogP contribution in [0, 0.1) is 0 Å². The minimum atomic E-state index is -4.48. The number of rotatable bonds is 4. The lowest BCUT2D eigenvalue weighted by atomic mass is 9.92. The van der Waals surface area contributed by atoms with Crippen molar-refractivity contribution in [2.24, 2.45) is 0 Å². The van der Waals surface area contributed by atoms with Gasteiger partial charge in [-0.2, -0.15) is 13.2 Å². The van der Waals surface area contributed by atoms with Gasteiger partial charge < -0.3 is 10.4 Å². The molecular weight excluding hydrogens is 422 g/mol. The van der Waals surface area contributed by atoms with Crippen molar-refractivity contribution in [3.8, 4) is 0 Å². The molecule has 0 saturated heterocycles. The molecule has 3 rings (SSSR count). The summed E-state index contributed by atoms with van der Waals surface area (Å²) in [6.45, 7) is 6.62. The molecule has 0 heterocycles. The predicted molar refractivity (Wildman–Crippen MR) is 114 cm³/mol. The van der Waals surface area contributed by atoms with Crippen molar-refractivity contribution in [1.82, 2.24) is 5.32 Å². The van der Waals surface area contributed by atoms with Gasteiger partial charge in [-0.25, -0.2) is 0 Å². The second-order valence-electron chi connectivity index (χ2n) is 8.19. The molecule has 29 heavy (non-hydrogen) atoms. The van der Waals surface area contributed by atoms with Gasteiger partial charge in [-0.1, -0.05) is 29.3 Å². The Hall–Kier alpha value is -1.53. The fourth-order valence-corrected chi connectivity index (χ4v) is 3.95. The summed E-state index contributed by atoms with van der Waals surface area (Å²) >= 11 is 12.4. The first-order valence-corrected chi connectivity index (χ1v) is 9.98. The predicted octanol–water partition coefficient (Wildman–Crippen LogP) is 7.13. The first-order valence-electron chi connectivity index (χ1n) is 9.22. The molecule has 2 nitrogen and oxygen atoms in total. The van der Waals surface area contributed by atoms with Crippen LogP contribution < -0.4 is 5.32 Å². The summed E-state index contributed by atoms with van der Waals surface area (Å²) < 4.78 is 39.9. The van der Waals surface area contributed by atoms with Crippen LogP contribution in [0.3, 0.4) is 0 Å². The SMILES string of the molecule is CC(C)(C)NCC[C@@H](O)c1cc2c(Cl)cc(Cl)cc2c2cc(C(F)(F)F)ccc12. The van der Waals surface area contributed by atoms with Gasteiger partial charge in [0.2, 0.25) is 0 Å². The summed E-state index contributed by atoms with van der Waals surface area (Å²) in [6, 6.07) is 8.41. The number of aliphatic hydroxyl groups excluding tert-OH is 1. The third-order valence-corrected chi connectivity index (χ3v) is 5.31. The summed E-state index contributed by atoms with van der Waals surface area (Å²) in [7, 11) is 0. The lowest BCUT2D eigenvalue weighted by molar-refractivity contribution is -0.137. The number of hydrogen-bond acceptors (Lipinski definition) is 2. The number of halogens is 5. The van der Waals surface area contributed by atoms with Crippen LogP contribution in [-0.4, -0.2) is 17.2 Å². The Morgan fingerprint density at radius 2 is 1.59 bits per heavy atom.